The fraction of sp³-hybridized carbons (Fsp3) is 0.650. The van der Waals surface area contributed by atoms with Crippen molar-refractivity contribution in [2.24, 2.45) is 11.7 Å². The fourth-order valence-corrected chi connectivity index (χ4v) is 3.74. The zero-order chi connectivity index (χ0) is 19.7. The van der Waals surface area contributed by atoms with Crippen LogP contribution in [0.25, 0.3) is 0 Å². The van der Waals surface area contributed by atoms with Crippen LogP contribution in [0.2, 0.25) is 0 Å². The Balaban J connectivity index is 0.000000244. The third-order valence-electron chi connectivity index (χ3n) is 5.39. The number of carbonyl (C=O) groups excluding carboxylic acids is 1. The minimum atomic E-state index is -0.896. The van der Waals surface area contributed by atoms with Crippen molar-refractivity contribution in [1.29, 1.82) is 0 Å². The number of halogens is 3. The molecule has 0 spiro atoms. The lowest BCUT2D eigenvalue weighted by Gasteiger charge is -2.35. The van der Waals surface area contributed by atoms with Gasteiger partial charge in [-0.1, -0.05) is 32.1 Å². The van der Waals surface area contributed by atoms with Crippen molar-refractivity contribution < 1.29 is 22.7 Å². The summed E-state index contributed by atoms with van der Waals surface area (Å²) in [6, 6.07) is 1.84. The smallest absolute Gasteiger partial charge is 0.237 e. The Kier molecular flexibility index (Phi) is 8.57. The average molecular weight is 386 g/mol. The molecule has 152 valence electrons. The molecule has 1 aromatic carbocycles. The number of ether oxygens (including phenoxy) is 1. The van der Waals surface area contributed by atoms with Gasteiger partial charge in [-0.3, -0.25) is 4.79 Å². The van der Waals surface area contributed by atoms with Crippen LogP contribution >= 0.6 is 0 Å². The van der Waals surface area contributed by atoms with Crippen LogP contribution in [-0.2, 0) is 9.53 Å². The molecule has 27 heavy (non-hydrogen) atoms. The summed E-state index contributed by atoms with van der Waals surface area (Å²) < 4.78 is 41.2. The number of carbonyl (C=O) groups is 1. The predicted octanol–water partition coefficient (Wildman–Crippen LogP) is 3.68. The lowest BCUT2D eigenvalue weighted by Crippen LogP contribution is -2.58. The first-order valence-electron chi connectivity index (χ1n) is 9.65. The van der Waals surface area contributed by atoms with Gasteiger partial charge in [0.1, 0.15) is 23.0 Å². The second-order valence-corrected chi connectivity index (χ2v) is 7.37. The van der Waals surface area contributed by atoms with Crippen molar-refractivity contribution in [3.8, 4) is 0 Å². The van der Waals surface area contributed by atoms with Crippen molar-refractivity contribution in [3.05, 3.63) is 35.7 Å². The summed E-state index contributed by atoms with van der Waals surface area (Å²) in [5.74, 6) is -2.06. The molecule has 0 unspecified atom stereocenters. The van der Waals surface area contributed by atoms with Gasteiger partial charge in [-0.05, 0) is 31.7 Å². The maximum atomic E-state index is 11.9. The number of nitrogens with two attached hydrogens (primary N) is 1. The highest BCUT2D eigenvalue weighted by Gasteiger charge is 2.37. The van der Waals surface area contributed by atoms with E-state index in [2.05, 4.69) is 5.32 Å². The molecule has 0 aromatic heterocycles. The van der Waals surface area contributed by atoms with Gasteiger partial charge in [0, 0.05) is 31.4 Å². The Morgan fingerprint density at radius 3 is 2.04 bits per heavy atom. The standard InChI is InChI=1S/C14H26N2O2.C6H3F3/c15-13(17)14(7-10-18-11-8-14)16-9-6-12-4-2-1-3-5-12;7-4-1-5(8)3-6(9)2-4/h12,16H,1-11H2,(H2,15,17);1-3H. The predicted molar refractivity (Wildman–Crippen MR) is 97.5 cm³/mol. The molecule has 1 saturated heterocycles. The van der Waals surface area contributed by atoms with Crippen LogP contribution in [0.1, 0.15) is 51.4 Å². The quantitative estimate of drug-likeness (QED) is 0.811. The van der Waals surface area contributed by atoms with E-state index in [1.54, 1.807) is 0 Å². The highest BCUT2D eigenvalue weighted by Crippen LogP contribution is 2.27. The van der Waals surface area contributed by atoms with Crippen LogP contribution in [0.5, 0.6) is 0 Å². The van der Waals surface area contributed by atoms with Gasteiger partial charge < -0.3 is 15.8 Å². The summed E-state index contributed by atoms with van der Waals surface area (Å²) >= 11 is 0. The third-order valence-corrected chi connectivity index (χ3v) is 5.39. The maximum absolute atomic E-state index is 11.9. The van der Waals surface area contributed by atoms with Gasteiger partial charge in [-0.15, -0.1) is 0 Å². The molecular weight excluding hydrogens is 357 g/mol. The Bertz CT molecular complexity index is 550. The fourth-order valence-electron chi connectivity index (χ4n) is 3.74. The summed E-state index contributed by atoms with van der Waals surface area (Å²) in [5.41, 5.74) is 5.06. The summed E-state index contributed by atoms with van der Waals surface area (Å²) in [4.78, 5) is 11.7. The van der Waals surface area contributed by atoms with Gasteiger partial charge in [-0.25, -0.2) is 13.2 Å². The van der Waals surface area contributed by atoms with E-state index in [-0.39, 0.29) is 5.91 Å². The number of primary amides is 1. The van der Waals surface area contributed by atoms with Crippen LogP contribution in [0.3, 0.4) is 0 Å². The largest absolute Gasteiger partial charge is 0.381 e. The second-order valence-electron chi connectivity index (χ2n) is 7.37. The molecule has 1 heterocycles. The molecule has 2 aliphatic rings. The third kappa shape index (κ3) is 7.14. The molecular formula is C20H29F3N2O2. The number of amides is 1. The van der Waals surface area contributed by atoms with E-state index in [0.29, 0.717) is 44.3 Å². The Hall–Kier alpha value is -1.60. The number of benzene rings is 1. The molecule has 1 saturated carbocycles. The maximum Gasteiger partial charge on any atom is 0.237 e. The van der Waals surface area contributed by atoms with Crippen LogP contribution in [-0.4, -0.2) is 31.2 Å². The number of hydrogen-bond donors (Lipinski definition) is 2. The van der Waals surface area contributed by atoms with Crippen molar-refractivity contribution >= 4 is 5.91 Å². The molecule has 2 fully saturated rings. The lowest BCUT2D eigenvalue weighted by molar-refractivity contribution is -0.128. The van der Waals surface area contributed by atoms with E-state index in [4.69, 9.17) is 10.5 Å². The average Bonchev–Trinajstić information content (AvgIpc) is 2.63. The van der Waals surface area contributed by atoms with Crippen LogP contribution in [0.15, 0.2) is 18.2 Å². The normalized spacial score (nSPS) is 19.8. The Morgan fingerprint density at radius 1 is 1.04 bits per heavy atom. The van der Waals surface area contributed by atoms with E-state index < -0.39 is 23.0 Å². The van der Waals surface area contributed by atoms with E-state index >= 15 is 0 Å². The molecule has 4 nitrogen and oxygen atoms in total. The Morgan fingerprint density at radius 2 is 1.56 bits per heavy atom. The number of nitrogens with one attached hydrogen (secondary N) is 1. The molecule has 1 aliphatic carbocycles. The SMILES string of the molecule is Fc1cc(F)cc(F)c1.NC(=O)C1(NCCC2CCCCC2)CCOCC1. The molecule has 0 bridgehead atoms. The first-order chi connectivity index (χ1) is 12.9. The highest BCUT2D eigenvalue weighted by atomic mass is 19.1. The number of rotatable bonds is 5. The number of hydrogen-bond acceptors (Lipinski definition) is 3. The minimum Gasteiger partial charge on any atom is -0.381 e. The molecule has 0 radical (unpaired) electrons. The first-order valence-corrected chi connectivity index (χ1v) is 9.65. The van der Waals surface area contributed by atoms with Gasteiger partial charge in [0.15, 0.2) is 0 Å². The van der Waals surface area contributed by atoms with Gasteiger partial charge in [0.25, 0.3) is 0 Å². The summed E-state index contributed by atoms with van der Waals surface area (Å²) in [5, 5.41) is 3.43. The summed E-state index contributed by atoms with van der Waals surface area (Å²) in [7, 11) is 0. The molecule has 1 aromatic rings. The van der Waals surface area contributed by atoms with Crippen molar-refractivity contribution in [3.63, 3.8) is 0 Å². The topological polar surface area (TPSA) is 64.4 Å². The van der Waals surface area contributed by atoms with Crippen LogP contribution in [0.4, 0.5) is 13.2 Å². The monoisotopic (exact) mass is 386 g/mol. The van der Waals surface area contributed by atoms with E-state index in [0.717, 1.165) is 12.5 Å². The molecule has 3 N–H and O–H groups in total. The van der Waals surface area contributed by atoms with Gasteiger partial charge in [0.05, 0.1) is 0 Å². The lowest BCUT2D eigenvalue weighted by atomic mass is 9.85. The van der Waals surface area contributed by atoms with Crippen LogP contribution < -0.4 is 11.1 Å². The van der Waals surface area contributed by atoms with E-state index in [9.17, 15) is 18.0 Å². The first kappa shape index (κ1) is 21.7. The minimum absolute atomic E-state index is 0.213. The van der Waals surface area contributed by atoms with Gasteiger partial charge in [0.2, 0.25) is 5.91 Å². The van der Waals surface area contributed by atoms with E-state index in [1.807, 2.05) is 0 Å². The van der Waals surface area contributed by atoms with Gasteiger partial charge >= 0.3 is 0 Å². The Labute approximate surface area is 158 Å². The molecule has 1 amide bonds. The van der Waals surface area contributed by atoms with Crippen molar-refractivity contribution in [2.45, 2.75) is 56.9 Å². The second kappa shape index (κ2) is 10.7. The van der Waals surface area contributed by atoms with Crippen molar-refractivity contribution in [2.75, 3.05) is 19.8 Å². The van der Waals surface area contributed by atoms with Gasteiger partial charge in [-0.2, -0.15) is 0 Å². The summed E-state index contributed by atoms with van der Waals surface area (Å²) in [6.45, 7) is 2.19. The molecule has 3 rings (SSSR count). The zero-order valence-electron chi connectivity index (χ0n) is 15.6. The van der Waals surface area contributed by atoms with Crippen LogP contribution in [0, 0.1) is 23.4 Å². The van der Waals surface area contributed by atoms with Crippen molar-refractivity contribution in [1.82, 2.24) is 5.32 Å². The molecule has 7 heteroatoms. The molecule has 0 atom stereocenters. The zero-order valence-corrected chi connectivity index (χ0v) is 15.6. The van der Waals surface area contributed by atoms with E-state index in [1.165, 1.54) is 38.5 Å². The summed E-state index contributed by atoms with van der Waals surface area (Å²) in [6.07, 6.45) is 9.46. The molecule has 1 aliphatic heterocycles. The highest BCUT2D eigenvalue weighted by molar-refractivity contribution is 5.84.